The lowest BCUT2D eigenvalue weighted by Crippen LogP contribution is -2.37. The Hall–Kier alpha value is -4.00. The normalized spacial score (nSPS) is 14.4. The van der Waals surface area contributed by atoms with Gasteiger partial charge in [0.15, 0.2) is 23.2 Å². The Morgan fingerprint density at radius 3 is 2.44 bits per heavy atom. The number of nitrogens with zero attached hydrogens (tertiary/aromatic N) is 8. The number of fused-ring (bicyclic) bond motifs is 1. The van der Waals surface area contributed by atoms with E-state index in [4.69, 9.17) is 16.2 Å². The van der Waals surface area contributed by atoms with E-state index < -0.39 is 12.2 Å². The molecule has 5 rings (SSSR count). The van der Waals surface area contributed by atoms with Gasteiger partial charge in [-0.3, -0.25) is 4.57 Å². The Morgan fingerprint density at radius 2 is 1.69 bits per heavy atom. The minimum atomic E-state index is -2.85. The summed E-state index contributed by atoms with van der Waals surface area (Å²) in [5.74, 6) is 0.00383. The third-order valence-electron chi connectivity index (χ3n) is 4.92. The van der Waals surface area contributed by atoms with Gasteiger partial charge in [-0.15, -0.1) is 0 Å². The standard InChI is InChI=1S/C19H18F2N10O/c20-14(21)17-25-10-3-1-2-4-11(10)31(17)19-28-16(13-15(23)26-12(22)9-24-13)27-18(29-19)30-5-7-32-8-6-30/h1-4,9,14H,5-8H2,(H4,22,23,26). The first-order valence-corrected chi connectivity index (χ1v) is 9.74. The number of nitrogens with two attached hydrogens (primary N) is 2. The molecule has 1 aliphatic heterocycles. The van der Waals surface area contributed by atoms with Crippen molar-refractivity contribution < 1.29 is 13.5 Å². The molecular weight excluding hydrogens is 422 g/mol. The maximum atomic E-state index is 13.9. The fourth-order valence-corrected chi connectivity index (χ4v) is 3.46. The molecule has 4 heterocycles. The molecule has 0 spiro atoms. The van der Waals surface area contributed by atoms with Crippen molar-refractivity contribution in [2.24, 2.45) is 0 Å². The number of ether oxygens (including phenoxy) is 1. The van der Waals surface area contributed by atoms with Crippen molar-refractivity contribution in [2.75, 3.05) is 42.7 Å². The maximum Gasteiger partial charge on any atom is 0.296 e. The molecule has 1 saturated heterocycles. The molecule has 13 heteroatoms. The molecule has 1 aromatic carbocycles. The summed E-state index contributed by atoms with van der Waals surface area (Å²) in [7, 11) is 0. The van der Waals surface area contributed by atoms with E-state index in [-0.39, 0.29) is 35.1 Å². The van der Waals surface area contributed by atoms with Crippen LogP contribution in [-0.2, 0) is 4.74 Å². The molecule has 0 bridgehead atoms. The Labute approximate surface area is 180 Å². The lowest BCUT2D eigenvalue weighted by molar-refractivity contribution is 0.122. The third-order valence-corrected chi connectivity index (χ3v) is 4.92. The van der Waals surface area contributed by atoms with Gasteiger partial charge in [-0.05, 0) is 12.1 Å². The van der Waals surface area contributed by atoms with Crippen LogP contribution in [0.25, 0.3) is 28.5 Å². The van der Waals surface area contributed by atoms with Gasteiger partial charge in [-0.2, -0.15) is 15.0 Å². The summed E-state index contributed by atoms with van der Waals surface area (Å²) < 4.78 is 34.4. The number of hydrogen-bond donors (Lipinski definition) is 2. The van der Waals surface area contributed by atoms with Gasteiger partial charge in [0.05, 0.1) is 30.4 Å². The van der Waals surface area contributed by atoms with Gasteiger partial charge in [0.25, 0.3) is 6.43 Å². The number of rotatable bonds is 4. The van der Waals surface area contributed by atoms with Gasteiger partial charge < -0.3 is 21.1 Å². The summed E-state index contributed by atoms with van der Waals surface area (Å²) in [6, 6.07) is 6.76. The second-order valence-electron chi connectivity index (χ2n) is 6.98. The molecule has 0 atom stereocenters. The Kier molecular flexibility index (Phi) is 4.93. The highest BCUT2D eigenvalue weighted by Crippen LogP contribution is 2.29. The Bertz CT molecular complexity index is 1290. The van der Waals surface area contributed by atoms with Gasteiger partial charge >= 0.3 is 0 Å². The molecule has 3 aromatic heterocycles. The number of hydrogen-bond acceptors (Lipinski definition) is 10. The molecular formula is C19H18F2N10O. The summed E-state index contributed by atoms with van der Waals surface area (Å²) in [6.45, 7) is 2.02. The van der Waals surface area contributed by atoms with Crippen LogP contribution < -0.4 is 16.4 Å². The molecule has 4 N–H and O–H groups in total. The average Bonchev–Trinajstić information content (AvgIpc) is 3.19. The molecule has 1 fully saturated rings. The van der Waals surface area contributed by atoms with Crippen LogP contribution in [-0.4, -0.2) is 60.8 Å². The van der Waals surface area contributed by atoms with E-state index in [1.54, 1.807) is 24.3 Å². The van der Waals surface area contributed by atoms with Crippen LogP contribution in [0.4, 0.5) is 26.4 Å². The smallest absolute Gasteiger partial charge is 0.296 e. The van der Waals surface area contributed by atoms with E-state index in [0.29, 0.717) is 37.3 Å². The van der Waals surface area contributed by atoms with E-state index in [9.17, 15) is 8.78 Å². The second-order valence-corrected chi connectivity index (χ2v) is 6.98. The zero-order valence-corrected chi connectivity index (χ0v) is 16.7. The molecule has 0 unspecified atom stereocenters. The van der Waals surface area contributed by atoms with Crippen LogP contribution in [0.2, 0.25) is 0 Å². The third kappa shape index (κ3) is 3.51. The highest BCUT2D eigenvalue weighted by molar-refractivity contribution is 5.78. The summed E-state index contributed by atoms with van der Waals surface area (Å²) in [5, 5.41) is 0. The first kappa shape index (κ1) is 19.9. The number of anilines is 3. The Balaban J connectivity index is 1.75. The average molecular weight is 440 g/mol. The molecule has 4 aromatic rings. The summed E-state index contributed by atoms with van der Waals surface area (Å²) in [4.78, 5) is 27.5. The van der Waals surface area contributed by atoms with Crippen LogP contribution in [0.15, 0.2) is 30.5 Å². The van der Waals surface area contributed by atoms with Crippen LogP contribution in [0.3, 0.4) is 0 Å². The minimum absolute atomic E-state index is 0.0136. The lowest BCUT2D eigenvalue weighted by Gasteiger charge is -2.27. The van der Waals surface area contributed by atoms with Crippen LogP contribution in [0.1, 0.15) is 12.2 Å². The van der Waals surface area contributed by atoms with Crippen molar-refractivity contribution in [1.29, 1.82) is 0 Å². The molecule has 0 radical (unpaired) electrons. The zero-order valence-electron chi connectivity index (χ0n) is 16.7. The number of alkyl halides is 2. The molecule has 164 valence electrons. The SMILES string of the molecule is Nc1cnc(-c2nc(N3CCOCC3)nc(-n3c(C(F)F)nc4ccccc43)n2)c(N)n1. The highest BCUT2D eigenvalue weighted by atomic mass is 19.3. The Morgan fingerprint density at radius 1 is 0.938 bits per heavy atom. The second kappa shape index (κ2) is 7.92. The highest BCUT2D eigenvalue weighted by Gasteiger charge is 2.25. The quantitative estimate of drug-likeness (QED) is 0.479. The van der Waals surface area contributed by atoms with Crippen molar-refractivity contribution in [1.82, 2.24) is 34.5 Å². The molecule has 32 heavy (non-hydrogen) atoms. The maximum absolute atomic E-state index is 13.9. The van der Waals surface area contributed by atoms with E-state index in [0.717, 1.165) is 0 Å². The number of halogens is 2. The monoisotopic (exact) mass is 440 g/mol. The number of benzene rings is 1. The zero-order chi connectivity index (χ0) is 22.2. The van der Waals surface area contributed by atoms with Crippen LogP contribution >= 0.6 is 0 Å². The van der Waals surface area contributed by atoms with Gasteiger partial charge in [-0.1, -0.05) is 12.1 Å². The van der Waals surface area contributed by atoms with Crippen molar-refractivity contribution in [2.45, 2.75) is 6.43 Å². The molecule has 0 saturated carbocycles. The molecule has 0 aliphatic carbocycles. The summed E-state index contributed by atoms with van der Waals surface area (Å²) in [5.41, 5.74) is 12.6. The lowest BCUT2D eigenvalue weighted by atomic mass is 10.3. The van der Waals surface area contributed by atoms with E-state index in [2.05, 4.69) is 29.9 Å². The first-order valence-electron chi connectivity index (χ1n) is 9.74. The number of para-hydroxylation sites is 2. The number of imidazole rings is 1. The van der Waals surface area contributed by atoms with Crippen molar-refractivity contribution in [3.8, 4) is 17.5 Å². The van der Waals surface area contributed by atoms with Gasteiger partial charge in [0, 0.05) is 13.1 Å². The topological polar surface area (TPSA) is 147 Å². The number of aromatic nitrogens is 7. The van der Waals surface area contributed by atoms with Gasteiger partial charge in [0.1, 0.15) is 5.82 Å². The predicted molar refractivity (Wildman–Crippen MR) is 112 cm³/mol. The number of nitrogen functional groups attached to an aromatic ring is 2. The van der Waals surface area contributed by atoms with Crippen LogP contribution in [0, 0.1) is 0 Å². The van der Waals surface area contributed by atoms with Crippen molar-refractivity contribution in [3.05, 3.63) is 36.3 Å². The van der Waals surface area contributed by atoms with Gasteiger partial charge in [-0.25, -0.2) is 23.7 Å². The fourth-order valence-electron chi connectivity index (χ4n) is 3.46. The van der Waals surface area contributed by atoms with Crippen molar-refractivity contribution in [3.63, 3.8) is 0 Å². The number of morpholine rings is 1. The molecule has 0 amide bonds. The molecule has 11 nitrogen and oxygen atoms in total. The summed E-state index contributed by atoms with van der Waals surface area (Å²) >= 11 is 0. The van der Waals surface area contributed by atoms with E-state index in [1.807, 2.05) is 4.90 Å². The van der Waals surface area contributed by atoms with E-state index >= 15 is 0 Å². The first-order chi connectivity index (χ1) is 15.5. The summed E-state index contributed by atoms with van der Waals surface area (Å²) in [6.07, 6.45) is -1.53. The van der Waals surface area contributed by atoms with Gasteiger partial charge in [0.2, 0.25) is 11.9 Å². The predicted octanol–water partition coefficient (Wildman–Crippen LogP) is 1.61. The minimum Gasteiger partial charge on any atom is -0.382 e. The molecule has 1 aliphatic rings. The van der Waals surface area contributed by atoms with E-state index in [1.165, 1.54) is 10.8 Å². The fraction of sp³-hybridized carbons (Fsp3) is 0.263. The van der Waals surface area contributed by atoms with Crippen LogP contribution in [0.5, 0.6) is 0 Å². The van der Waals surface area contributed by atoms with Crippen molar-refractivity contribution >= 4 is 28.6 Å². The largest absolute Gasteiger partial charge is 0.382 e.